The SMILES string of the molecule is COc1cc(Cl)c(NS(=O)(=O)c2ccc(CNC(C)=O)cc2)cc1OC. The van der Waals surface area contributed by atoms with E-state index >= 15 is 0 Å². The zero-order valence-electron chi connectivity index (χ0n) is 14.5. The van der Waals surface area contributed by atoms with Gasteiger partial charge in [0.1, 0.15) is 0 Å². The molecule has 0 bridgehead atoms. The molecule has 0 aliphatic heterocycles. The van der Waals surface area contributed by atoms with Crippen LogP contribution in [-0.2, 0) is 21.4 Å². The van der Waals surface area contributed by atoms with Gasteiger partial charge in [-0.1, -0.05) is 23.7 Å². The maximum atomic E-state index is 12.6. The van der Waals surface area contributed by atoms with Gasteiger partial charge in [0.05, 0.1) is 29.8 Å². The van der Waals surface area contributed by atoms with Crippen LogP contribution in [0.3, 0.4) is 0 Å². The number of rotatable bonds is 7. The number of methoxy groups -OCH3 is 2. The van der Waals surface area contributed by atoms with E-state index < -0.39 is 10.0 Å². The van der Waals surface area contributed by atoms with Gasteiger partial charge in [-0.15, -0.1) is 0 Å². The summed E-state index contributed by atoms with van der Waals surface area (Å²) in [5, 5.41) is 2.82. The second kappa shape index (κ2) is 8.29. The molecule has 0 saturated heterocycles. The standard InChI is InChI=1S/C17H19ClN2O5S/c1-11(21)19-10-12-4-6-13(7-5-12)26(22,23)20-15-9-17(25-3)16(24-2)8-14(15)18/h4-9,20H,10H2,1-3H3,(H,19,21). The minimum atomic E-state index is -3.85. The van der Waals surface area contributed by atoms with E-state index in [0.29, 0.717) is 18.0 Å². The number of anilines is 1. The van der Waals surface area contributed by atoms with E-state index in [0.717, 1.165) is 5.56 Å². The molecule has 0 saturated carbocycles. The van der Waals surface area contributed by atoms with Gasteiger partial charge in [-0.25, -0.2) is 8.42 Å². The lowest BCUT2D eigenvalue weighted by Crippen LogP contribution is -2.19. The lowest BCUT2D eigenvalue weighted by atomic mass is 10.2. The Balaban J connectivity index is 2.24. The molecule has 0 fully saturated rings. The number of hydrogen-bond acceptors (Lipinski definition) is 5. The third-order valence-corrected chi connectivity index (χ3v) is 5.19. The number of nitrogens with one attached hydrogen (secondary N) is 2. The van der Waals surface area contributed by atoms with Gasteiger partial charge in [0.15, 0.2) is 11.5 Å². The first kappa shape index (κ1) is 19.9. The third kappa shape index (κ3) is 4.80. The minimum absolute atomic E-state index is 0.0647. The average Bonchev–Trinajstić information content (AvgIpc) is 2.61. The first-order chi connectivity index (χ1) is 12.3. The lowest BCUT2D eigenvalue weighted by Gasteiger charge is -2.14. The summed E-state index contributed by atoms with van der Waals surface area (Å²) in [6, 6.07) is 9.07. The predicted octanol–water partition coefficient (Wildman–Crippen LogP) is 2.79. The summed E-state index contributed by atoms with van der Waals surface area (Å²) in [5.74, 6) is 0.578. The molecule has 140 valence electrons. The van der Waals surface area contributed by atoms with Crippen molar-refractivity contribution >= 4 is 33.2 Å². The fourth-order valence-corrected chi connectivity index (χ4v) is 3.48. The second-order valence-corrected chi connectivity index (χ2v) is 7.44. The van der Waals surface area contributed by atoms with E-state index in [9.17, 15) is 13.2 Å². The Bertz CT molecular complexity index is 898. The smallest absolute Gasteiger partial charge is 0.261 e. The van der Waals surface area contributed by atoms with Crippen molar-refractivity contribution in [1.29, 1.82) is 0 Å². The van der Waals surface area contributed by atoms with Gasteiger partial charge in [0.2, 0.25) is 5.91 Å². The molecule has 1 amide bonds. The summed E-state index contributed by atoms with van der Waals surface area (Å²) in [6.07, 6.45) is 0. The van der Waals surface area contributed by atoms with E-state index in [-0.39, 0.29) is 21.5 Å². The van der Waals surface area contributed by atoms with Gasteiger partial charge in [0.25, 0.3) is 10.0 Å². The van der Waals surface area contributed by atoms with Gasteiger partial charge in [0, 0.05) is 25.6 Å². The minimum Gasteiger partial charge on any atom is -0.493 e. The van der Waals surface area contributed by atoms with Crippen molar-refractivity contribution in [2.45, 2.75) is 18.4 Å². The molecule has 0 heterocycles. The molecule has 0 radical (unpaired) electrons. The first-order valence-corrected chi connectivity index (χ1v) is 9.40. The first-order valence-electron chi connectivity index (χ1n) is 7.54. The zero-order chi connectivity index (χ0) is 19.3. The van der Waals surface area contributed by atoms with Gasteiger partial charge in [-0.3, -0.25) is 9.52 Å². The maximum absolute atomic E-state index is 12.6. The van der Waals surface area contributed by atoms with Crippen LogP contribution in [0.5, 0.6) is 11.5 Å². The molecule has 7 nitrogen and oxygen atoms in total. The van der Waals surface area contributed by atoms with Crippen LogP contribution in [0, 0.1) is 0 Å². The normalized spacial score (nSPS) is 10.9. The fraction of sp³-hybridized carbons (Fsp3) is 0.235. The highest BCUT2D eigenvalue weighted by atomic mass is 35.5. The predicted molar refractivity (Wildman–Crippen MR) is 99.3 cm³/mol. The van der Waals surface area contributed by atoms with E-state index in [4.69, 9.17) is 21.1 Å². The van der Waals surface area contributed by atoms with Gasteiger partial charge in [-0.05, 0) is 17.7 Å². The summed E-state index contributed by atoms with van der Waals surface area (Å²) in [5.41, 5.74) is 0.954. The Morgan fingerprint density at radius 2 is 1.65 bits per heavy atom. The van der Waals surface area contributed by atoms with Crippen LogP contribution in [0.1, 0.15) is 12.5 Å². The number of hydrogen-bond donors (Lipinski definition) is 2. The second-order valence-electron chi connectivity index (χ2n) is 5.35. The molecule has 0 aromatic heterocycles. The molecule has 0 aliphatic carbocycles. The molecule has 0 atom stereocenters. The average molecular weight is 399 g/mol. The van der Waals surface area contributed by atoms with E-state index in [1.54, 1.807) is 12.1 Å². The highest BCUT2D eigenvalue weighted by Crippen LogP contribution is 2.36. The molecular formula is C17H19ClN2O5S. The monoisotopic (exact) mass is 398 g/mol. The molecule has 2 rings (SSSR count). The van der Waals surface area contributed by atoms with Crippen molar-refractivity contribution < 1.29 is 22.7 Å². The summed E-state index contributed by atoms with van der Waals surface area (Å²) in [6.45, 7) is 1.74. The zero-order valence-corrected chi connectivity index (χ0v) is 16.1. The Kier molecular flexibility index (Phi) is 6.33. The number of carbonyl (C=O) groups excluding carboxylic acids is 1. The molecule has 2 aromatic rings. The van der Waals surface area contributed by atoms with Crippen LogP contribution < -0.4 is 19.5 Å². The van der Waals surface area contributed by atoms with Crippen LogP contribution in [0.25, 0.3) is 0 Å². The molecule has 0 unspecified atom stereocenters. The molecule has 2 aromatic carbocycles. The van der Waals surface area contributed by atoms with Gasteiger partial charge >= 0.3 is 0 Å². The van der Waals surface area contributed by atoms with Gasteiger partial charge < -0.3 is 14.8 Å². The van der Waals surface area contributed by atoms with Crippen LogP contribution >= 0.6 is 11.6 Å². The van der Waals surface area contributed by atoms with Crippen molar-refractivity contribution in [1.82, 2.24) is 5.32 Å². The molecule has 26 heavy (non-hydrogen) atoms. The molecule has 0 spiro atoms. The topological polar surface area (TPSA) is 93.7 Å². The number of benzene rings is 2. The van der Waals surface area contributed by atoms with Crippen LogP contribution in [0.4, 0.5) is 5.69 Å². The fourth-order valence-electron chi connectivity index (χ4n) is 2.15. The van der Waals surface area contributed by atoms with Crippen molar-refractivity contribution in [3.63, 3.8) is 0 Å². The summed E-state index contributed by atoms with van der Waals surface area (Å²) < 4.78 is 37.9. The number of halogens is 1. The van der Waals surface area contributed by atoms with Crippen LogP contribution in [0.2, 0.25) is 5.02 Å². The van der Waals surface area contributed by atoms with Crippen LogP contribution in [-0.4, -0.2) is 28.5 Å². The lowest BCUT2D eigenvalue weighted by molar-refractivity contribution is -0.119. The van der Waals surface area contributed by atoms with Crippen molar-refractivity contribution in [3.05, 3.63) is 47.0 Å². The molecular weight excluding hydrogens is 380 g/mol. The van der Waals surface area contributed by atoms with E-state index in [1.807, 2.05) is 0 Å². The number of carbonyl (C=O) groups is 1. The maximum Gasteiger partial charge on any atom is 0.261 e. The Morgan fingerprint density at radius 1 is 1.08 bits per heavy atom. The van der Waals surface area contributed by atoms with E-state index in [1.165, 1.54) is 45.4 Å². The Hall–Kier alpha value is -2.45. The molecule has 2 N–H and O–H groups in total. The Morgan fingerprint density at radius 3 is 2.19 bits per heavy atom. The largest absolute Gasteiger partial charge is 0.493 e. The van der Waals surface area contributed by atoms with Crippen molar-refractivity contribution in [2.24, 2.45) is 0 Å². The molecule has 9 heteroatoms. The third-order valence-electron chi connectivity index (χ3n) is 3.49. The molecule has 0 aliphatic rings. The Labute approximate surface area is 157 Å². The van der Waals surface area contributed by atoms with Crippen molar-refractivity contribution in [3.8, 4) is 11.5 Å². The number of ether oxygens (including phenoxy) is 2. The quantitative estimate of drug-likeness (QED) is 0.748. The highest BCUT2D eigenvalue weighted by molar-refractivity contribution is 7.92. The number of sulfonamides is 1. The van der Waals surface area contributed by atoms with Crippen LogP contribution in [0.15, 0.2) is 41.3 Å². The summed E-state index contributed by atoms with van der Waals surface area (Å²) in [7, 11) is -0.945. The highest BCUT2D eigenvalue weighted by Gasteiger charge is 2.18. The summed E-state index contributed by atoms with van der Waals surface area (Å²) in [4.78, 5) is 11.0. The number of amides is 1. The summed E-state index contributed by atoms with van der Waals surface area (Å²) >= 11 is 6.12. The van der Waals surface area contributed by atoms with Crippen molar-refractivity contribution in [2.75, 3.05) is 18.9 Å². The van der Waals surface area contributed by atoms with E-state index in [2.05, 4.69) is 10.0 Å². The van der Waals surface area contributed by atoms with Gasteiger partial charge in [-0.2, -0.15) is 0 Å².